The van der Waals surface area contributed by atoms with Gasteiger partial charge in [0.2, 0.25) is 0 Å². The summed E-state index contributed by atoms with van der Waals surface area (Å²) >= 11 is 0. The van der Waals surface area contributed by atoms with Gasteiger partial charge in [-0.3, -0.25) is 10.9 Å². The van der Waals surface area contributed by atoms with Crippen LogP contribution in [-0.4, -0.2) is 26.3 Å². The first-order chi connectivity index (χ1) is 7.61. The van der Waals surface area contributed by atoms with Crippen LogP contribution in [-0.2, 0) is 4.74 Å². The molecule has 0 aromatic carbocycles. The van der Waals surface area contributed by atoms with E-state index < -0.39 is 0 Å². The zero-order valence-electron chi connectivity index (χ0n) is 10.8. The standard InChI is InChI=1S/C12H25FN2O/c1-5-6-12(13)9-10(2)11(3)15-14-7-8-16-4/h6,10-11,14-15H,5,7-9H2,1-4H3/b12-6+/t10?,11-/m1/s1. The van der Waals surface area contributed by atoms with E-state index in [4.69, 9.17) is 4.74 Å². The van der Waals surface area contributed by atoms with Gasteiger partial charge in [-0.2, -0.15) is 0 Å². The Hall–Kier alpha value is -0.450. The van der Waals surface area contributed by atoms with Gasteiger partial charge in [0.25, 0.3) is 0 Å². The van der Waals surface area contributed by atoms with Crippen molar-refractivity contribution in [2.45, 2.75) is 39.7 Å². The van der Waals surface area contributed by atoms with Crippen molar-refractivity contribution in [2.75, 3.05) is 20.3 Å². The largest absolute Gasteiger partial charge is 0.383 e. The highest BCUT2D eigenvalue weighted by atomic mass is 19.1. The van der Waals surface area contributed by atoms with Crippen LogP contribution in [0.25, 0.3) is 0 Å². The molecule has 3 nitrogen and oxygen atoms in total. The number of hydrazine groups is 1. The molecule has 1 unspecified atom stereocenters. The maximum absolute atomic E-state index is 13.2. The summed E-state index contributed by atoms with van der Waals surface area (Å²) < 4.78 is 18.2. The average molecular weight is 232 g/mol. The van der Waals surface area contributed by atoms with E-state index in [0.717, 1.165) is 13.0 Å². The first-order valence-corrected chi connectivity index (χ1v) is 5.93. The number of nitrogens with one attached hydrogen (secondary N) is 2. The zero-order valence-corrected chi connectivity index (χ0v) is 10.8. The summed E-state index contributed by atoms with van der Waals surface area (Å²) in [5.74, 6) is 0.249. The third-order valence-corrected chi connectivity index (χ3v) is 2.56. The van der Waals surface area contributed by atoms with E-state index in [-0.39, 0.29) is 17.8 Å². The van der Waals surface area contributed by atoms with Crippen LogP contribution < -0.4 is 10.9 Å². The zero-order chi connectivity index (χ0) is 12.4. The van der Waals surface area contributed by atoms with Crippen molar-refractivity contribution in [3.8, 4) is 0 Å². The quantitative estimate of drug-likeness (QED) is 0.473. The lowest BCUT2D eigenvalue weighted by Crippen LogP contribution is -2.43. The first-order valence-electron chi connectivity index (χ1n) is 5.93. The molecule has 0 aromatic rings. The number of hydrogen-bond donors (Lipinski definition) is 2. The molecule has 96 valence electrons. The summed E-state index contributed by atoms with van der Waals surface area (Å²) in [5.41, 5.74) is 6.20. The topological polar surface area (TPSA) is 33.3 Å². The Bertz CT molecular complexity index is 197. The third kappa shape index (κ3) is 7.79. The van der Waals surface area contributed by atoms with Gasteiger partial charge >= 0.3 is 0 Å². The van der Waals surface area contributed by atoms with Crippen molar-refractivity contribution in [3.05, 3.63) is 11.9 Å². The van der Waals surface area contributed by atoms with Crippen molar-refractivity contribution in [2.24, 2.45) is 5.92 Å². The van der Waals surface area contributed by atoms with Crippen molar-refractivity contribution in [1.29, 1.82) is 0 Å². The molecule has 0 aromatic heterocycles. The van der Waals surface area contributed by atoms with Gasteiger partial charge in [-0.25, -0.2) is 4.39 Å². The van der Waals surface area contributed by atoms with Gasteiger partial charge in [0.15, 0.2) is 0 Å². The van der Waals surface area contributed by atoms with Crippen LogP contribution in [0.1, 0.15) is 33.6 Å². The van der Waals surface area contributed by atoms with Gasteiger partial charge in [-0.05, 0) is 19.3 Å². The molecule has 4 heteroatoms. The van der Waals surface area contributed by atoms with Crippen LogP contribution >= 0.6 is 0 Å². The van der Waals surface area contributed by atoms with Crippen molar-refractivity contribution < 1.29 is 9.13 Å². The molecule has 0 heterocycles. The molecule has 0 fully saturated rings. The fourth-order valence-electron chi connectivity index (χ4n) is 1.32. The Morgan fingerprint density at radius 1 is 1.44 bits per heavy atom. The monoisotopic (exact) mass is 232 g/mol. The number of ether oxygens (including phenoxy) is 1. The van der Waals surface area contributed by atoms with Gasteiger partial charge in [0.1, 0.15) is 0 Å². The fourth-order valence-corrected chi connectivity index (χ4v) is 1.32. The van der Waals surface area contributed by atoms with Gasteiger partial charge < -0.3 is 4.74 Å². The number of hydrogen-bond acceptors (Lipinski definition) is 3. The summed E-state index contributed by atoms with van der Waals surface area (Å²) in [7, 11) is 1.67. The third-order valence-electron chi connectivity index (χ3n) is 2.56. The van der Waals surface area contributed by atoms with Crippen molar-refractivity contribution in [1.82, 2.24) is 10.9 Å². The Balaban J connectivity index is 3.72. The lowest BCUT2D eigenvalue weighted by Gasteiger charge is -2.21. The number of allylic oxidation sites excluding steroid dienone is 2. The minimum atomic E-state index is -0.0134. The van der Waals surface area contributed by atoms with Crippen LogP contribution in [0.4, 0.5) is 4.39 Å². The van der Waals surface area contributed by atoms with Crippen LogP contribution in [0.2, 0.25) is 0 Å². The Morgan fingerprint density at radius 3 is 2.69 bits per heavy atom. The molecule has 0 aliphatic carbocycles. The van der Waals surface area contributed by atoms with E-state index in [1.807, 2.05) is 20.8 Å². The lowest BCUT2D eigenvalue weighted by molar-refractivity contribution is 0.190. The van der Waals surface area contributed by atoms with Crippen LogP contribution in [0.15, 0.2) is 11.9 Å². The second kappa shape index (κ2) is 9.75. The molecular formula is C12H25FN2O. The summed E-state index contributed by atoms with van der Waals surface area (Å²) in [4.78, 5) is 0. The van der Waals surface area contributed by atoms with E-state index in [0.29, 0.717) is 13.0 Å². The van der Waals surface area contributed by atoms with Crippen molar-refractivity contribution >= 4 is 0 Å². The fraction of sp³-hybridized carbons (Fsp3) is 0.833. The highest BCUT2D eigenvalue weighted by Crippen LogP contribution is 2.16. The van der Waals surface area contributed by atoms with Gasteiger partial charge in [-0.15, -0.1) is 0 Å². The van der Waals surface area contributed by atoms with E-state index in [9.17, 15) is 4.39 Å². The maximum atomic E-state index is 13.2. The van der Waals surface area contributed by atoms with E-state index >= 15 is 0 Å². The second-order valence-corrected chi connectivity index (χ2v) is 4.09. The van der Waals surface area contributed by atoms with Gasteiger partial charge in [0, 0.05) is 26.1 Å². The van der Waals surface area contributed by atoms with E-state index in [1.165, 1.54) is 0 Å². The van der Waals surface area contributed by atoms with E-state index in [1.54, 1.807) is 13.2 Å². The summed E-state index contributed by atoms with van der Waals surface area (Å²) in [6.45, 7) is 7.44. The van der Waals surface area contributed by atoms with Crippen LogP contribution in [0.5, 0.6) is 0 Å². The molecule has 0 bridgehead atoms. The molecule has 0 radical (unpaired) electrons. The van der Waals surface area contributed by atoms with Crippen molar-refractivity contribution in [3.63, 3.8) is 0 Å². The van der Waals surface area contributed by atoms with E-state index in [2.05, 4.69) is 10.9 Å². The molecular weight excluding hydrogens is 207 g/mol. The molecule has 0 spiro atoms. The molecule has 0 aliphatic rings. The molecule has 0 rings (SSSR count). The average Bonchev–Trinajstić information content (AvgIpc) is 2.24. The summed E-state index contributed by atoms with van der Waals surface area (Å²) in [6.07, 6.45) is 2.89. The van der Waals surface area contributed by atoms with Crippen LogP contribution in [0.3, 0.4) is 0 Å². The predicted molar refractivity (Wildman–Crippen MR) is 65.7 cm³/mol. The molecule has 16 heavy (non-hydrogen) atoms. The van der Waals surface area contributed by atoms with Gasteiger partial charge in [0.05, 0.1) is 12.4 Å². The Kier molecular flexibility index (Phi) is 9.48. The molecule has 2 atom stereocenters. The number of rotatable bonds is 9. The molecule has 0 saturated heterocycles. The predicted octanol–water partition coefficient (Wildman–Crippen LogP) is 2.41. The Morgan fingerprint density at radius 2 is 2.12 bits per heavy atom. The molecule has 0 amide bonds. The minimum Gasteiger partial charge on any atom is -0.383 e. The molecule has 0 aliphatic heterocycles. The van der Waals surface area contributed by atoms with Crippen LogP contribution in [0, 0.1) is 5.92 Å². The number of halogens is 1. The number of methoxy groups -OCH3 is 1. The maximum Gasteiger partial charge on any atom is 0.0963 e. The summed E-state index contributed by atoms with van der Waals surface area (Å²) in [5, 5.41) is 0. The Labute approximate surface area is 98.4 Å². The minimum absolute atomic E-state index is 0.0134. The molecule has 0 saturated carbocycles. The highest BCUT2D eigenvalue weighted by Gasteiger charge is 2.13. The summed E-state index contributed by atoms with van der Waals surface area (Å²) in [6, 6.07) is 0.230. The lowest BCUT2D eigenvalue weighted by atomic mass is 9.99. The smallest absolute Gasteiger partial charge is 0.0963 e. The highest BCUT2D eigenvalue weighted by molar-refractivity contribution is 4.93. The second-order valence-electron chi connectivity index (χ2n) is 4.09. The molecule has 2 N–H and O–H groups in total. The van der Waals surface area contributed by atoms with Gasteiger partial charge in [-0.1, -0.05) is 19.9 Å². The SMILES string of the molecule is CC/C=C(/F)CC(C)[C@@H](C)NNCCOC. The normalized spacial score (nSPS) is 16.2. The first kappa shape index (κ1) is 15.6.